The Morgan fingerprint density at radius 3 is 2.82 bits per heavy atom. The lowest BCUT2D eigenvalue weighted by Crippen LogP contribution is -2.33. The predicted octanol–water partition coefficient (Wildman–Crippen LogP) is 3.90. The number of methoxy groups -OCH3 is 1. The van der Waals surface area contributed by atoms with Gasteiger partial charge in [0.15, 0.2) is 0 Å². The highest BCUT2D eigenvalue weighted by atomic mass is 79.9. The van der Waals surface area contributed by atoms with Crippen LogP contribution in [-0.4, -0.2) is 45.4 Å². The molecule has 1 aromatic carbocycles. The number of rotatable bonds is 3. The number of halogens is 1. The van der Waals surface area contributed by atoms with Crippen LogP contribution in [0.4, 0.5) is 5.82 Å². The molecule has 1 amide bonds. The summed E-state index contributed by atoms with van der Waals surface area (Å²) < 4.78 is 8.27. The highest BCUT2D eigenvalue weighted by molar-refractivity contribution is 9.10. The summed E-state index contributed by atoms with van der Waals surface area (Å²) in [6.45, 7) is 2.51. The summed E-state index contributed by atoms with van der Waals surface area (Å²) in [6.07, 6.45) is 6.07. The fourth-order valence-electron chi connectivity index (χ4n) is 5.01. The van der Waals surface area contributed by atoms with Crippen LogP contribution < -0.4 is 10.5 Å². The van der Waals surface area contributed by atoms with Gasteiger partial charge in [0.05, 0.1) is 34.8 Å². The Hall–Kier alpha value is -3.04. The molecule has 3 aromatic heterocycles. The first kappa shape index (κ1) is 20.6. The second kappa shape index (κ2) is 7.50. The second-order valence-electron chi connectivity index (χ2n) is 8.84. The lowest BCUT2D eigenvalue weighted by atomic mass is 9.89. The number of aryl methyl sites for hydroxylation is 1. The van der Waals surface area contributed by atoms with Gasteiger partial charge < -0.3 is 9.72 Å². The maximum atomic E-state index is 13.5. The Morgan fingerprint density at radius 2 is 2.03 bits per heavy atom. The van der Waals surface area contributed by atoms with Crippen LogP contribution in [-0.2, 0) is 11.2 Å². The number of anilines is 1. The minimum absolute atomic E-state index is 0.112. The number of aromatic amines is 1. The van der Waals surface area contributed by atoms with E-state index in [1.807, 2.05) is 23.7 Å². The smallest absolute Gasteiger partial charge is 0.259 e. The maximum Gasteiger partial charge on any atom is 0.259 e. The van der Waals surface area contributed by atoms with Crippen LogP contribution in [0.5, 0.6) is 0 Å². The number of pyridine rings is 2. The van der Waals surface area contributed by atoms with Gasteiger partial charge in [0.1, 0.15) is 5.82 Å². The van der Waals surface area contributed by atoms with Crippen molar-refractivity contribution in [1.82, 2.24) is 19.7 Å². The molecule has 0 unspecified atom stereocenters. The number of nitrogens with one attached hydrogen (secondary N) is 1. The highest BCUT2D eigenvalue weighted by Gasteiger charge is 2.33. The van der Waals surface area contributed by atoms with E-state index in [1.165, 1.54) is 0 Å². The molecule has 4 heterocycles. The zero-order chi connectivity index (χ0) is 22.9. The largest absolute Gasteiger partial charge is 0.381 e. The molecule has 9 heteroatoms. The van der Waals surface area contributed by atoms with Gasteiger partial charge in [-0.25, -0.2) is 4.98 Å². The summed E-state index contributed by atoms with van der Waals surface area (Å²) in [7, 11) is 1.72. The van der Waals surface area contributed by atoms with Crippen molar-refractivity contribution < 1.29 is 9.53 Å². The SMILES string of the molecule is COC1CC(n2ncc3c(=O)[nH]c4cc(C(=O)N5CCc6cc(Br)cnc65)c(C)cc4c32)C1. The van der Waals surface area contributed by atoms with Crippen molar-refractivity contribution in [2.45, 2.75) is 38.3 Å². The third-order valence-corrected chi connectivity index (χ3v) is 7.34. The van der Waals surface area contributed by atoms with Gasteiger partial charge in [-0.3, -0.25) is 19.2 Å². The average molecular weight is 508 g/mol. The van der Waals surface area contributed by atoms with Gasteiger partial charge in [0, 0.05) is 35.3 Å². The number of aromatic nitrogens is 4. The van der Waals surface area contributed by atoms with Gasteiger partial charge >= 0.3 is 0 Å². The molecule has 1 fully saturated rings. The molecule has 2 aliphatic rings. The molecule has 1 saturated carbocycles. The molecule has 1 aliphatic heterocycles. The van der Waals surface area contributed by atoms with Gasteiger partial charge in [0.2, 0.25) is 0 Å². The molecule has 0 spiro atoms. The van der Waals surface area contributed by atoms with Gasteiger partial charge in [-0.2, -0.15) is 5.10 Å². The predicted molar refractivity (Wildman–Crippen MR) is 129 cm³/mol. The lowest BCUT2D eigenvalue weighted by molar-refractivity contribution is 0.00393. The van der Waals surface area contributed by atoms with E-state index in [0.29, 0.717) is 28.8 Å². The summed E-state index contributed by atoms with van der Waals surface area (Å²) >= 11 is 3.45. The fourth-order valence-corrected chi connectivity index (χ4v) is 5.39. The van der Waals surface area contributed by atoms with Crippen LogP contribution >= 0.6 is 15.9 Å². The number of carbonyl (C=O) groups excluding carboxylic acids is 1. The first-order valence-electron chi connectivity index (χ1n) is 11.0. The van der Waals surface area contributed by atoms with E-state index in [4.69, 9.17) is 4.74 Å². The van der Waals surface area contributed by atoms with Crippen LogP contribution in [0.2, 0.25) is 0 Å². The number of hydrogen-bond acceptors (Lipinski definition) is 5. The van der Waals surface area contributed by atoms with Gasteiger partial charge in [-0.15, -0.1) is 0 Å². The Morgan fingerprint density at radius 1 is 1.21 bits per heavy atom. The van der Waals surface area contributed by atoms with E-state index >= 15 is 0 Å². The Bertz CT molecular complexity index is 1500. The molecule has 0 radical (unpaired) electrons. The zero-order valence-corrected chi connectivity index (χ0v) is 19.8. The summed E-state index contributed by atoms with van der Waals surface area (Å²) in [5, 5.41) is 5.98. The van der Waals surface area contributed by atoms with Crippen molar-refractivity contribution in [3.05, 3.63) is 62.1 Å². The van der Waals surface area contributed by atoms with Gasteiger partial charge in [-0.1, -0.05) is 0 Å². The lowest BCUT2D eigenvalue weighted by Gasteiger charge is -2.34. The van der Waals surface area contributed by atoms with E-state index in [2.05, 4.69) is 31.0 Å². The minimum atomic E-state index is -0.202. The number of ether oxygens (including phenoxy) is 1. The van der Waals surface area contributed by atoms with E-state index in [9.17, 15) is 9.59 Å². The Kier molecular flexibility index (Phi) is 4.67. The summed E-state index contributed by atoms with van der Waals surface area (Å²) in [5.74, 6) is 0.585. The van der Waals surface area contributed by atoms with E-state index in [1.54, 1.807) is 30.5 Å². The van der Waals surface area contributed by atoms with Crippen LogP contribution in [0.1, 0.15) is 40.4 Å². The first-order chi connectivity index (χ1) is 15.9. The van der Waals surface area contributed by atoms with Gasteiger partial charge in [-0.05, 0) is 71.4 Å². The molecule has 4 aromatic rings. The van der Waals surface area contributed by atoms with Crippen molar-refractivity contribution in [3.63, 3.8) is 0 Å². The molecule has 168 valence electrons. The van der Waals surface area contributed by atoms with Crippen molar-refractivity contribution in [3.8, 4) is 0 Å². The zero-order valence-electron chi connectivity index (χ0n) is 18.3. The number of hydrogen-bond donors (Lipinski definition) is 1. The van der Waals surface area contributed by atoms with E-state index in [0.717, 1.165) is 45.8 Å². The first-order valence-corrected chi connectivity index (χ1v) is 11.8. The quantitative estimate of drug-likeness (QED) is 0.453. The third kappa shape index (κ3) is 3.13. The number of H-pyrrole nitrogens is 1. The van der Waals surface area contributed by atoms with E-state index < -0.39 is 0 Å². The van der Waals surface area contributed by atoms with Crippen molar-refractivity contribution in [1.29, 1.82) is 0 Å². The Balaban J connectivity index is 1.46. The second-order valence-corrected chi connectivity index (χ2v) is 9.76. The topological polar surface area (TPSA) is 93.1 Å². The highest BCUT2D eigenvalue weighted by Crippen LogP contribution is 2.37. The Labute approximate surface area is 197 Å². The number of fused-ring (bicyclic) bond motifs is 4. The van der Waals surface area contributed by atoms with E-state index in [-0.39, 0.29) is 23.6 Å². The molecule has 0 atom stereocenters. The molecule has 1 N–H and O–H groups in total. The molecular weight excluding hydrogens is 486 g/mol. The van der Waals surface area contributed by atoms with Crippen molar-refractivity contribution >= 4 is 49.5 Å². The maximum absolute atomic E-state index is 13.5. The fraction of sp³-hybridized carbons (Fsp3) is 0.333. The van der Waals surface area contributed by atoms with Crippen LogP contribution in [0.15, 0.2) is 39.9 Å². The standard InChI is InChI=1S/C24H22BrN5O3/c1-12-5-18-20(9-17(12)24(32)29-4-3-13-6-14(25)10-26-22(13)29)28-23(31)19-11-27-30(21(18)19)15-7-16(8-15)33-2/h5-6,9-11,15-16H,3-4,7-8H2,1-2H3,(H,28,31). The average Bonchev–Trinajstić information content (AvgIpc) is 3.38. The number of carbonyl (C=O) groups is 1. The molecule has 1 aliphatic carbocycles. The number of amides is 1. The number of benzene rings is 1. The van der Waals surface area contributed by atoms with Gasteiger partial charge in [0.25, 0.3) is 11.5 Å². The molecule has 8 nitrogen and oxygen atoms in total. The summed E-state index contributed by atoms with van der Waals surface area (Å²) in [5.41, 5.74) is 3.70. The van der Waals surface area contributed by atoms with Crippen molar-refractivity contribution in [2.75, 3.05) is 18.6 Å². The molecule has 0 bridgehead atoms. The van der Waals surface area contributed by atoms with Crippen LogP contribution in [0, 0.1) is 6.92 Å². The normalized spacial score (nSPS) is 19.8. The summed E-state index contributed by atoms with van der Waals surface area (Å²) in [6, 6.07) is 5.98. The monoisotopic (exact) mass is 507 g/mol. The third-order valence-electron chi connectivity index (χ3n) is 6.90. The molecule has 0 saturated heterocycles. The minimum Gasteiger partial charge on any atom is -0.381 e. The molecular formula is C24H22BrN5O3. The van der Waals surface area contributed by atoms with Crippen LogP contribution in [0.3, 0.4) is 0 Å². The number of nitrogens with zero attached hydrogens (tertiary/aromatic N) is 4. The van der Waals surface area contributed by atoms with Crippen LogP contribution in [0.25, 0.3) is 21.8 Å². The molecule has 6 rings (SSSR count). The summed E-state index contributed by atoms with van der Waals surface area (Å²) in [4.78, 5) is 35.5. The molecule has 33 heavy (non-hydrogen) atoms. The van der Waals surface area contributed by atoms with Crippen molar-refractivity contribution in [2.24, 2.45) is 0 Å².